The number of carbonyl (C=O) groups is 1. The molecule has 2 aliphatic heterocycles. The zero-order valence-corrected chi connectivity index (χ0v) is 21.7. The van der Waals surface area contributed by atoms with Crippen LogP contribution in [0.4, 0.5) is 11.4 Å². The molecule has 0 aromatic heterocycles. The van der Waals surface area contributed by atoms with Crippen LogP contribution in [0.15, 0.2) is 36.4 Å². The second-order valence-electron chi connectivity index (χ2n) is 9.55. The van der Waals surface area contributed by atoms with Gasteiger partial charge in [-0.2, -0.15) is 0 Å². The zero-order valence-electron chi connectivity index (χ0n) is 19.4. The number of halogens is 3. The molecule has 34 heavy (non-hydrogen) atoms. The lowest BCUT2D eigenvalue weighted by atomic mass is 9.79. The zero-order chi connectivity index (χ0) is 24.2. The first-order valence-corrected chi connectivity index (χ1v) is 13.1. The standard InChI is InChI=1S/C26H32Cl3N3O2/c1-17(22-6-4-20(27)13-24(22)29)30-25-14-21(5-7-23(25)28)32-11-8-18(9-12-32)19-3-2-10-31(15-19)16-26(33)34/h4-7,13-14,17-19,30H,2-3,8-12,15-16H2,1H3,(H,33,34). The van der Waals surface area contributed by atoms with E-state index in [0.29, 0.717) is 26.9 Å². The molecule has 0 aliphatic carbocycles. The van der Waals surface area contributed by atoms with Gasteiger partial charge < -0.3 is 15.3 Å². The molecule has 4 rings (SSSR count). The summed E-state index contributed by atoms with van der Waals surface area (Å²) in [4.78, 5) is 15.6. The van der Waals surface area contributed by atoms with E-state index in [4.69, 9.17) is 39.9 Å². The summed E-state index contributed by atoms with van der Waals surface area (Å²) in [7, 11) is 0. The monoisotopic (exact) mass is 523 g/mol. The number of nitrogens with zero attached hydrogens (tertiary/aromatic N) is 2. The third-order valence-corrected chi connectivity index (χ3v) is 8.12. The van der Waals surface area contributed by atoms with Gasteiger partial charge in [0.05, 0.1) is 23.3 Å². The van der Waals surface area contributed by atoms with Crippen LogP contribution in [0.3, 0.4) is 0 Å². The molecule has 2 atom stereocenters. The lowest BCUT2D eigenvalue weighted by Gasteiger charge is -2.41. The van der Waals surface area contributed by atoms with E-state index < -0.39 is 5.97 Å². The lowest BCUT2D eigenvalue weighted by molar-refractivity contribution is -0.138. The molecule has 2 fully saturated rings. The number of aliphatic carboxylic acids is 1. The van der Waals surface area contributed by atoms with Crippen molar-refractivity contribution in [3.8, 4) is 0 Å². The Morgan fingerprint density at radius 2 is 1.79 bits per heavy atom. The van der Waals surface area contributed by atoms with Gasteiger partial charge in [-0.1, -0.05) is 40.9 Å². The van der Waals surface area contributed by atoms with Crippen molar-refractivity contribution in [3.63, 3.8) is 0 Å². The maximum atomic E-state index is 11.1. The topological polar surface area (TPSA) is 55.8 Å². The van der Waals surface area contributed by atoms with Crippen LogP contribution in [0.1, 0.15) is 44.2 Å². The molecular formula is C26H32Cl3N3O2. The second-order valence-corrected chi connectivity index (χ2v) is 10.8. The summed E-state index contributed by atoms with van der Waals surface area (Å²) in [5.74, 6) is 0.530. The van der Waals surface area contributed by atoms with Crippen LogP contribution < -0.4 is 10.2 Å². The highest BCUT2D eigenvalue weighted by molar-refractivity contribution is 6.35. The predicted octanol–water partition coefficient (Wildman–Crippen LogP) is 6.83. The van der Waals surface area contributed by atoms with Gasteiger partial charge in [0.1, 0.15) is 0 Å². The highest BCUT2D eigenvalue weighted by Crippen LogP contribution is 2.36. The van der Waals surface area contributed by atoms with Gasteiger partial charge in [0.15, 0.2) is 0 Å². The third-order valence-electron chi connectivity index (χ3n) is 7.22. The molecule has 184 valence electrons. The van der Waals surface area contributed by atoms with Crippen LogP contribution >= 0.6 is 34.8 Å². The van der Waals surface area contributed by atoms with Gasteiger partial charge in [0, 0.05) is 35.4 Å². The number of hydrogen-bond donors (Lipinski definition) is 2. The first-order chi connectivity index (χ1) is 16.3. The van der Waals surface area contributed by atoms with Crippen molar-refractivity contribution in [3.05, 3.63) is 57.0 Å². The normalized spacial score (nSPS) is 20.8. The number of carboxylic acid groups (broad SMARTS) is 1. The smallest absolute Gasteiger partial charge is 0.317 e. The predicted molar refractivity (Wildman–Crippen MR) is 142 cm³/mol. The highest BCUT2D eigenvalue weighted by atomic mass is 35.5. The largest absolute Gasteiger partial charge is 0.480 e. The lowest BCUT2D eigenvalue weighted by Crippen LogP contribution is -2.44. The summed E-state index contributed by atoms with van der Waals surface area (Å²) in [5, 5.41) is 14.6. The van der Waals surface area contributed by atoms with Crippen molar-refractivity contribution in [1.82, 2.24) is 4.90 Å². The van der Waals surface area contributed by atoms with Crippen LogP contribution in [-0.4, -0.2) is 48.7 Å². The van der Waals surface area contributed by atoms with Crippen LogP contribution in [0.25, 0.3) is 0 Å². The Labute approximate surface area is 217 Å². The van der Waals surface area contributed by atoms with E-state index in [-0.39, 0.29) is 12.6 Å². The van der Waals surface area contributed by atoms with Gasteiger partial charge in [-0.3, -0.25) is 9.69 Å². The Morgan fingerprint density at radius 3 is 2.50 bits per heavy atom. The van der Waals surface area contributed by atoms with E-state index in [1.807, 2.05) is 18.2 Å². The Bertz CT molecular complexity index is 1010. The van der Waals surface area contributed by atoms with Crippen LogP contribution in [0, 0.1) is 11.8 Å². The minimum absolute atomic E-state index is 0.0247. The van der Waals surface area contributed by atoms with Crippen LogP contribution in [0.2, 0.25) is 15.1 Å². The third kappa shape index (κ3) is 6.31. The average Bonchev–Trinajstić information content (AvgIpc) is 2.80. The minimum Gasteiger partial charge on any atom is -0.480 e. The number of nitrogens with one attached hydrogen (secondary N) is 1. The van der Waals surface area contributed by atoms with Crippen LogP contribution in [-0.2, 0) is 4.79 Å². The molecule has 2 heterocycles. The van der Waals surface area contributed by atoms with E-state index in [2.05, 4.69) is 34.2 Å². The number of benzene rings is 2. The fourth-order valence-corrected chi connectivity index (χ4v) is 6.17. The summed E-state index contributed by atoms with van der Waals surface area (Å²) in [6, 6.07) is 11.7. The van der Waals surface area contributed by atoms with Crippen LogP contribution in [0.5, 0.6) is 0 Å². The number of rotatable bonds is 7. The van der Waals surface area contributed by atoms with Gasteiger partial charge in [-0.15, -0.1) is 0 Å². The fourth-order valence-electron chi connectivity index (χ4n) is 5.42. The molecule has 2 aromatic carbocycles. The Kier molecular flexibility index (Phi) is 8.52. The molecular weight excluding hydrogens is 493 g/mol. The van der Waals surface area contributed by atoms with Gasteiger partial charge in [-0.05, 0) is 86.9 Å². The van der Waals surface area contributed by atoms with Gasteiger partial charge >= 0.3 is 5.97 Å². The summed E-state index contributed by atoms with van der Waals surface area (Å²) in [6.07, 6.45) is 4.57. The van der Waals surface area contributed by atoms with Crippen molar-refractivity contribution in [2.24, 2.45) is 11.8 Å². The molecule has 2 unspecified atom stereocenters. The summed E-state index contributed by atoms with van der Waals surface area (Å²) in [6.45, 7) is 6.04. The number of carboxylic acids is 1. The summed E-state index contributed by atoms with van der Waals surface area (Å²) < 4.78 is 0. The molecule has 0 radical (unpaired) electrons. The maximum absolute atomic E-state index is 11.1. The maximum Gasteiger partial charge on any atom is 0.317 e. The number of likely N-dealkylation sites (tertiary alicyclic amines) is 1. The molecule has 5 nitrogen and oxygen atoms in total. The minimum atomic E-state index is -0.727. The first-order valence-electron chi connectivity index (χ1n) is 12.0. The quantitative estimate of drug-likeness (QED) is 0.415. The van der Waals surface area contributed by atoms with Gasteiger partial charge in [0.25, 0.3) is 0 Å². The Hall–Kier alpha value is -1.66. The van der Waals surface area contributed by atoms with Crippen molar-refractivity contribution >= 4 is 52.1 Å². The van der Waals surface area contributed by atoms with E-state index in [9.17, 15) is 4.79 Å². The molecule has 2 aliphatic rings. The Balaban J connectivity index is 1.37. The number of anilines is 2. The van der Waals surface area contributed by atoms with Crippen molar-refractivity contribution in [2.75, 3.05) is 42.9 Å². The second kappa shape index (κ2) is 11.4. The molecule has 8 heteroatoms. The fraction of sp³-hybridized carbons (Fsp3) is 0.500. The molecule has 0 saturated carbocycles. The molecule has 2 saturated heterocycles. The van der Waals surface area contributed by atoms with Crippen molar-refractivity contribution in [2.45, 2.75) is 38.6 Å². The summed E-state index contributed by atoms with van der Waals surface area (Å²) >= 11 is 19.0. The molecule has 2 N–H and O–H groups in total. The van der Waals surface area contributed by atoms with E-state index in [1.165, 1.54) is 6.42 Å². The SMILES string of the molecule is CC(Nc1cc(N2CCC(C3CCCN(CC(=O)O)C3)CC2)ccc1Cl)c1ccc(Cl)cc1Cl. The van der Waals surface area contributed by atoms with Gasteiger partial charge in [-0.25, -0.2) is 0 Å². The highest BCUT2D eigenvalue weighted by Gasteiger charge is 2.31. The van der Waals surface area contributed by atoms with E-state index >= 15 is 0 Å². The molecule has 0 amide bonds. The number of piperidine rings is 2. The van der Waals surface area contributed by atoms with Gasteiger partial charge in [0.2, 0.25) is 0 Å². The molecule has 2 aromatic rings. The average molecular weight is 525 g/mol. The van der Waals surface area contributed by atoms with Crippen molar-refractivity contribution < 1.29 is 9.90 Å². The van der Waals surface area contributed by atoms with E-state index in [0.717, 1.165) is 62.4 Å². The Morgan fingerprint density at radius 1 is 1.03 bits per heavy atom. The van der Waals surface area contributed by atoms with Crippen molar-refractivity contribution in [1.29, 1.82) is 0 Å². The molecule has 0 bridgehead atoms. The first kappa shape index (κ1) is 25.4. The van der Waals surface area contributed by atoms with E-state index in [1.54, 1.807) is 6.07 Å². The molecule has 0 spiro atoms. The number of hydrogen-bond acceptors (Lipinski definition) is 4. The summed E-state index contributed by atoms with van der Waals surface area (Å²) in [5.41, 5.74) is 3.02.